The summed E-state index contributed by atoms with van der Waals surface area (Å²) in [5.74, 6) is 0.594. The van der Waals surface area contributed by atoms with E-state index in [2.05, 4.69) is 27.2 Å². The summed E-state index contributed by atoms with van der Waals surface area (Å²) >= 11 is 1.39. The first-order chi connectivity index (χ1) is 13.8. The van der Waals surface area contributed by atoms with Crippen LogP contribution in [0.25, 0.3) is 11.0 Å². The summed E-state index contributed by atoms with van der Waals surface area (Å²) in [6.07, 6.45) is 3.02. The average Bonchev–Trinajstić information content (AvgIpc) is 3.36. The van der Waals surface area contributed by atoms with E-state index in [1.54, 1.807) is 18.4 Å². The van der Waals surface area contributed by atoms with Crippen LogP contribution in [0.2, 0.25) is 0 Å². The maximum Gasteiger partial charge on any atom is 0.250 e. The number of aromatic nitrogens is 2. The molecule has 4 rings (SSSR count). The third-order valence-corrected chi connectivity index (χ3v) is 5.04. The van der Waals surface area contributed by atoms with Crippen LogP contribution in [0.15, 0.2) is 87.7 Å². The number of para-hydroxylation sites is 2. The highest BCUT2D eigenvalue weighted by Crippen LogP contribution is 2.25. The summed E-state index contributed by atoms with van der Waals surface area (Å²) in [7, 11) is 0. The van der Waals surface area contributed by atoms with Crippen molar-refractivity contribution in [1.29, 1.82) is 0 Å². The van der Waals surface area contributed by atoms with Crippen molar-refractivity contribution in [2.75, 3.05) is 5.75 Å². The summed E-state index contributed by atoms with van der Waals surface area (Å²) in [4.78, 5) is 16.8. The number of hydrogen-bond acceptors (Lipinski definition) is 5. The molecule has 6 nitrogen and oxygen atoms in total. The van der Waals surface area contributed by atoms with E-state index in [4.69, 9.17) is 9.40 Å². The highest BCUT2D eigenvalue weighted by molar-refractivity contribution is 7.99. The van der Waals surface area contributed by atoms with Gasteiger partial charge in [-0.05, 0) is 29.8 Å². The predicted octanol–water partition coefficient (Wildman–Crippen LogP) is 3.92. The van der Waals surface area contributed by atoms with E-state index in [0.717, 1.165) is 16.2 Å². The zero-order valence-corrected chi connectivity index (χ0v) is 15.8. The van der Waals surface area contributed by atoms with Gasteiger partial charge in [0.25, 0.3) is 5.91 Å². The molecular weight excluding hydrogens is 372 g/mol. The minimum atomic E-state index is -0.203. The molecule has 0 bridgehead atoms. The van der Waals surface area contributed by atoms with E-state index in [1.807, 2.05) is 42.5 Å². The van der Waals surface area contributed by atoms with Gasteiger partial charge in [-0.25, -0.2) is 10.4 Å². The SMILES string of the molecule is O=C(CSc1nc2ccccc2n1Cc1ccccc1)NN=Cc1ccco1. The second-order valence-corrected chi connectivity index (χ2v) is 6.99. The van der Waals surface area contributed by atoms with Crippen LogP contribution in [-0.4, -0.2) is 27.4 Å². The van der Waals surface area contributed by atoms with E-state index in [9.17, 15) is 4.79 Å². The van der Waals surface area contributed by atoms with Crippen molar-refractivity contribution in [3.05, 3.63) is 84.3 Å². The highest BCUT2D eigenvalue weighted by Gasteiger charge is 2.13. The van der Waals surface area contributed by atoms with Crippen molar-refractivity contribution in [2.45, 2.75) is 11.7 Å². The summed E-state index contributed by atoms with van der Waals surface area (Å²) in [6.45, 7) is 0.696. The van der Waals surface area contributed by atoms with Gasteiger partial charge in [0.1, 0.15) is 5.76 Å². The number of nitrogens with one attached hydrogen (secondary N) is 1. The quantitative estimate of drug-likeness (QED) is 0.295. The molecular formula is C21H18N4O2S. The van der Waals surface area contributed by atoms with Gasteiger partial charge in [0.2, 0.25) is 0 Å². The van der Waals surface area contributed by atoms with Crippen molar-refractivity contribution < 1.29 is 9.21 Å². The van der Waals surface area contributed by atoms with Crippen molar-refractivity contribution in [1.82, 2.24) is 15.0 Å². The third kappa shape index (κ3) is 4.32. The van der Waals surface area contributed by atoms with Gasteiger partial charge >= 0.3 is 0 Å². The van der Waals surface area contributed by atoms with Crippen LogP contribution in [-0.2, 0) is 11.3 Å². The van der Waals surface area contributed by atoms with Crippen molar-refractivity contribution >= 4 is 34.9 Å². The zero-order chi connectivity index (χ0) is 19.2. The number of rotatable bonds is 7. The minimum Gasteiger partial charge on any atom is -0.463 e. The van der Waals surface area contributed by atoms with Gasteiger partial charge in [-0.2, -0.15) is 5.10 Å². The maximum atomic E-state index is 12.1. The van der Waals surface area contributed by atoms with Crippen molar-refractivity contribution in [2.24, 2.45) is 5.10 Å². The average molecular weight is 390 g/mol. The minimum absolute atomic E-state index is 0.203. The number of hydrogen-bond donors (Lipinski definition) is 1. The van der Waals surface area contributed by atoms with E-state index >= 15 is 0 Å². The molecule has 2 heterocycles. The van der Waals surface area contributed by atoms with E-state index < -0.39 is 0 Å². The van der Waals surface area contributed by atoms with Crippen LogP contribution >= 0.6 is 11.8 Å². The molecule has 1 amide bonds. The number of benzene rings is 2. The Morgan fingerprint density at radius 3 is 2.75 bits per heavy atom. The summed E-state index contributed by atoms with van der Waals surface area (Å²) in [5.41, 5.74) is 5.65. The first kappa shape index (κ1) is 18.1. The number of hydrazone groups is 1. The van der Waals surface area contributed by atoms with Crippen LogP contribution in [0.5, 0.6) is 0 Å². The number of carbonyl (C=O) groups excluding carboxylic acids is 1. The molecule has 0 fully saturated rings. The van der Waals surface area contributed by atoms with Gasteiger partial charge in [0.05, 0.1) is 35.8 Å². The fourth-order valence-electron chi connectivity index (χ4n) is 2.78. The van der Waals surface area contributed by atoms with Gasteiger partial charge in [0.15, 0.2) is 5.16 Å². The molecule has 28 heavy (non-hydrogen) atoms. The number of imidazole rings is 1. The Bertz CT molecular complexity index is 1090. The Morgan fingerprint density at radius 1 is 1.11 bits per heavy atom. The van der Waals surface area contributed by atoms with E-state index in [0.29, 0.717) is 12.3 Å². The summed E-state index contributed by atoms with van der Waals surface area (Å²) < 4.78 is 7.27. The normalized spacial score (nSPS) is 11.3. The molecule has 0 aliphatic carbocycles. The van der Waals surface area contributed by atoms with Gasteiger partial charge in [-0.3, -0.25) is 4.79 Å². The summed E-state index contributed by atoms with van der Waals surface area (Å²) in [5, 5.41) is 4.70. The lowest BCUT2D eigenvalue weighted by Crippen LogP contribution is -2.20. The topological polar surface area (TPSA) is 72.4 Å². The Balaban J connectivity index is 1.47. The summed E-state index contributed by atoms with van der Waals surface area (Å²) in [6, 6.07) is 21.7. The lowest BCUT2D eigenvalue weighted by Gasteiger charge is -2.09. The Kier molecular flexibility index (Phi) is 5.53. The number of fused-ring (bicyclic) bond motifs is 1. The number of thioether (sulfide) groups is 1. The monoisotopic (exact) mass is 390 g/mol. The van der Waals surface area contributed by atoms with Crippen LogP contribution in [0.4, 0.5) is 0 Å². The Morgan fingerprint density at radius 2 is 1.93 bits per heavy atom. The first-order valence-electron chi connectivity index (χ1n) is 8.77. The molecule has 4 aromatic rings. The molecule has 2 aromatic carbocycles. The number of nitrogens with zero attached hydrogens (tertiary/aromatic N) is 3. The molecule has 1 N–H and O–H groups in total. The third-order valence-electron chi connectivity index (χ3n) is 4.06. The van der Waals surface area contributed by atoms with E-state index in [1.165, 1.54) is 23.5 Å². The fourth-order valence-corrected chi connectivity index (χ4v) is 3.58. The first-order valence-corrected chi connectivity index (χ1v) is 9.75. The van der Waals surface area contributed by atoms with Gasteiger partial charge in [-0.15, -0.1) is 0 Å². The van der Waals surface area contributed by atoms with Gasteiger partial charge in [-0.1, -0.05) is 54.2 Å². The van der Waals surface area contributed by atoms with Crippen molar-refractivity contribution in [3.63, 3.8) is 0 Å². The molecule has 0 atom stereocenters. The second-order valence-electron chi connectivity index (χ2n) is 6.05. The van der Waals surface area contributed by atoms with Crippen molar-refractivity contribution in [3.8, 4) is 0 Å². The molecule has 140 valence electrons. The van der Waals surface area contributed by atoms with Crippen LogP contribution in [0.3, 0.4) is 0 Å². The molecule has 0 aliphatic rings. The molecule has 0 saturated carbocycles. The van der Waals surface area contributed by atoms with Crippen LogP contribution < -0.4 is 5.43 Å². The smallest absolute Gasteiger partial charge is 0.250 e. The standard InChI is InChI=1S/C21H18N4O2S/c26-20(24-22-13-17-9-6-12-27-17)15-28-21-23-18-10-4-5-11-19(18)25(21)14-16-7-2-1-3-8-16/h1-13H,14-15H2,(H,24,26). The number of carbonyl (C=O) groups is 1. The maximum absolute atomic E-state index is 12.1. The van der Waals surface area contributed by atoms with Gasteiger partial charge < -0.3 is 8.98 Å². The number of amides is 1. The number of furan rings is 1. The molecule has 2 aromatic heterocycles. The zero-order valence-electron chi connectivity index (χ0n) is 15.0. The molecule has 0 spiro atoms. The molecule has 0 aliphatic heterocycles. The van der Waals surface area contributed by atoms with Crippen LogP contribution in [0.1, 0.15) is 11.3 Å². The lowest BCUT2D eigenvalue weighted by atomic mass is 10.2. The molecule has 0 radical (unpaired) electrons. The Hall–Kier alpha value is -3.32. The molecule has 7 heteroatoms. The van der Waals surface area contributed by atoms with Crippen LogP contribution in [0, 0.1) is 0 Å². The molecule has 0 unspecified atom stereocenters. The second kappa shape index (κ2) is 8.58. The highest BCUT2D eigenvalue weighted by atomic mass is 32.2. The predicted molar refractivity (Wildman–Crippen MR) is 110 cm³/mol. The van der Waals surface area contributed by atoms with Gasteiger partial charge in [0, 0.05) is 0 Å². The van der Waals surface area contributed by atoms with E-state index in [-0.39, 0.29) is 11.7 Å². The fraction of sp³-hybridized carbons (Fsp3) is 0.0952. The largest absolute Gasteiger partial charge is 0.463 e. The molecule has 0 saturated heterocycles. The lowest BCUT2D eigenvalue weighted by molar-refractivity contribution is -0.118. The Labute approximate surface area is 166 Å².